The van der Waals surface area contributed by atoms with Crippen LogP contribution in [0.2, 0.25) is 0 Å². The zero-order valence-corrected chi connectivity index (χ0v) is 12.8. The van der Waals surface area contributed by atoms with Crippen molar-refractivity contribution in [3.05, 3.63) is 17.8 Å². The molecule has 1 aromatic heterocycles. The van der Waals surface area contributed by atoms with Crippen LogP contribution in [0, 0.1) is 28.1 Å². The van der Waals surface area contributed by atoms with Crippen LogP contribution in [0.15, 0.2) is 12.3 Å². The van der Waals surface area contributed by atoms with E-state index >= 15 is 0 Å². The molecule has 2 atom stereocenters. The van der Waals surface area contributed by atoms with Crippen LogP contribution >= 0.6 is 0 Å². The summed E-state index contributed by atoms with van der Waals surface area (Å²) in [6.45, 7) is 4.90. The number of nitrogens with one attached hydrogen (secondary N) is 1. The number of nitrogens with zero attached hydrogens (tertiary/aromatic N) is 3. The molecule has 0 radical (unpaired) electrons. The molecule has 4 nitrogen and oxygen atoms in total. The van der Waals surface area contributed by atoms with E-state index in [1.165, 1.54) is 38.5 Å². The zero-order valence-electron chi connectivity index (χ0n) is 12.8. The Labute approximate surface area is 126 Å². The van der Waals surface area contributed by atoms with Crippen molar-refractivity contribution in [1.82, 2.24) is 10.2 Å². The molecule has 0 amide bonds. The summed E-state index contributed by atoms with van der Waals surface area (Å²) in [5, 5.41) is 21.1. The molecule has 1 heterocycles. The molecule has 4 bridgehead atoms. The highest BCUT2D eigenvalue weighted by Crippen LogP contribution is 2.66. The van der Waals surface area contributed by atoms with Crippen molar-refractivity contribution in [1.29, 1.82) is 5.26 Å². The lowest BCUT2D eigenvalue weighted by atomic mass is 9.43. The van der Waals surface area contributed by atoms with Gasteiger partial charge in [0.25, 0.3) is 0 Å². The molecule has 4 fully saturated rings. The molecule has 0 spiro atoms. The third-order valence-corrected chi connectivity index (χ3v) is 5.85. The average Bonchev–Trinajstić information content (AvgIpc) is 2.34. The van der Waals surface area contributed by atoms with Gasteiger partial charge in [0.15, 0.2) is 5.82 Å². The fourth-order valence-electron chi connectivity index (χ4n) is 6.35. The number of aromatic nitrogens is 2. The van der Waals surface area contributed by atoms with Crippen LogP contribution in [0.3, 0.4) is 0 Å². The van der Waals surface area contributed by atoms with Gasteiger partial charge in [-0.1, -0.05) is 13.8 Å². The van der Waals surface area contributed by atoms with Gasteiger partial charge in [0.2, 0.25) is 0 Å². The topological polar surface area (TPSA) is 61.6 Å². The predicted molar refractivity (Wildman–Crippen MR) is 80.5 cm³/mol. The fourth-order valence-corrected chi connectivity index (χ4v) is 6.35. The van der Waals surface area contributed by atoms with E-state index in [2.05, 4.69) is 35.4 Å². The van der Waals surface area contributed by atoms with E-state index in [0.717, 1.165) is 5.92 Å². The minimum atomic E-state index is 0.116. The molecule has 110 valence electrons. The Kier molecular flexibility index (Phi) is 2.47. The number of rotatable bonds is 2. The highest BCUT2D eigenvalue weighted by atomic mass is 15.2. The van der Waals surface area contributed by atoms with Gasteiger partial charge in [-0.05, 0) is 61.3 Å². The van der Waals surface area contributed by atoms with Crippen molar-refractivity contribution in [2.75, 3.05) is 5.32 Å². The molecule has 0 saturated heterocycles. The Morgan fingerprint density at radius 3 is 2.52 bits per heavy atom. The molecule has 0 aromatic carbocycles. The van der Waals surface area contributed by atoms with E-state index in [9.17, 15) is 5.26 Å². The molecule has 4 aliphatic carbocycles. The lowest BCUT2D eigenvalue weighted by Crippen LogP contribution is -2.61. The second kappa shape index (κ2) is 3.97. The smallest absolute Gasteiger partial charge is 0.167 e. The standard InChI is InChI=1S/C17H22N4/c1-15-5-12-6-16(2,9-15)11-17(7-12,10-15)20-14-13(8-18)3-4-19-21-14/h3-4,12H,5-7,9-11H2,1-2H3,(H,20,21). The van der Waals surface area contributed by atoms with Crippen LogP contribution in [-0.2, 0) is 0 Å². The lowest BCUT2D eigenvalue weighted by Gasteiger charge is -2.65. The van der Waals surface area contributed by atoms with E-state index in [1.54, 1.807) is 12.3 Å². The van der Waals surface area contributed by atoms with E-state index in [1.807, 2.05) is 0 Å². The van der Waals surface area contributed by atoms with Gasteiger partial charge in [0, 0.05) is 5.54 Å². The average molecular weight is 282 g/mol. The highest BCUT2D eigenvalue weighted by Gasteiger charge is 2.60. The Hall–Kier alpha value is -1.63. The summed E-state index contributed by atoms with van der Waals surface area (Å²) in [4.78, 5) is 0. The third-order valence-electron chi connectivity index (χ3n) is 5.85. The Morgan fingerprint density at radius 2 is 1.90 bits per heavy atom. The normalized spacial score (nSPS) is 43.6. The minimum Gasteiger partial charge on any atom is -0.362 e. The molecule has 1 N–H and O–H groups in total. The van der Waals surface area contributed by atoms with Crippen molar-refractivity contribution >= 4 is 5.82 Å². The van der Waals surface area contributed by atoms with Gasteiger partial charge in [-0.15, -0.1) is 5.10 Å². The van der Waals surface area contributed by atoms with Crippen molar-refractivity contribution < 1.29 is 0 Å². The van der Waals surface area contributed by atoms with E-state index in [-0.39, 0.29) is 5.54 Å². The number of anilines is 1. The summed E-state index contributed by atoms with van der Waals surface area (Å²) in [6, 6.07) is 3.98. The summed E-state index contributed by atoms with van der Waals surface area (Å²) in [5.41, 5.74) is 1.63. The van der Waals surface area contributed by atoms with Crippen LogP contribution in [0.5, 0.6) is 0 Å². The first-order chi connectivity index (χ1) is 9.93. The number of nitriles is 1. The number of hydrogen-bond donors (Lipinski definition) is 1. The van der Waals surface area contributed by atoms with Gasteiger partial charge in [-0.25, -0.2) is 0 Å². The summed E-state index contributed by atoms with van der Waals surface area (Å²) in [7, 11) is 0. The van der Waals surface area contributed by atoms with E-state index < -0.39 is 0 Å². The predicted octanol–water partition coefficient (Wildman–Crippen LogP) is 3.51. The van der Waals surface area contributed by atoms with Gasteiger partial charge in [0.1, 0.15) is 6.07 Å². The maximum Gasteiger partial charge on any atom is 0.167 e. The third kappa shape index (κ3) is 2.02. The first-order valence-corrected chi connectivity index (χ1v) is 7.93. The highest BCUT2D eigenvalue weighted by molar-refractivity contribution is 5.52. The maximum absolute atomic E-state index is 9.27. The van der Waals surface area contributed by atoms with Crippen LogP contribution in [0.4, 0.5) is 5.82 Å². The molecule has 1 aromatic rings. The Balaban J connectivity index is 1.70. The summed E-state index contributed by atoms with van der Waals surface area (Å²) < 4.78 is 0. The molecule has 21 heavy (non-hydrogen) atoms. The minimum absolute atomic E-state index is 0.116. The quantitative estimate of drug-likeness (QED) is 0.901. The van der Waals surface area contributed by atoms with Crippen LogP contribution in [-0.4, -0.2) is 15.7 Å². The van der Waals surface area contributed by atoms with Gasteiger partial charge in [-0.2, -0.15) is 10.4 Å². The Bertz CT molecular complexity index is 614. The van der Waals surface area contributed by atoms with Crippen LogP contribution in [0.1, 0.15) is 57.9 Å². The zero-order chi connectivity index (χ0) is 14.7. The van der Waals surface area contributed by atoms with Gasteiger partial charge < -0.3 is 5.32 Å². The molecular weight excluding hydrogens is 260 g/mol. The van der Waals surface area contributed by atoms with Gasteiger partial charge in [0.05, 0.1) is 11.8 Å². The van der Waals surface area contributed by atoms with Crippen molar-refractivity contribution in [3.63, 3.8) is 0 Å². The summed E-state index contributed by atoms with van der Waals surface area (Å²) in [5.74, 6) is 1.50. The van der Waals surface area contributed by atoms with Gasteiger partial charge >= 0.3 is 0 Å². The van der Waals surface area contributed by atoms with Crippen LogP contribution in [0.25, 0.3) is 0 Å². The molecule has 4 aliphatic rings. The van der Waals surface area contributed by atoms with Crippen LogP contribution < -0.4 is 5.32 Å². The van der Waals surface area contributed by atoms with E-state index in [4.69, 9.17) is 0 Å². The first-order valence-electron chi connectivity index (χ1n) is 7.93. The SMILES string of the molecule is CC12CC3CC(C)(C1)CC(Nc1nnccc1C#N)(C3)C2. The maximum atomic E-state index is 9.27. The summed E-state index contributed by atoms with van der Waals surface area (Å²) in [6.07, 6.45) is 9.31. The fraction of sp³-hybridized carbons (Fsp3) is 0.706. The molecular formula is C17H22N4. The molecule has 4 saturated carbocycles. The van der Waals surface area contributed by atoms with E-state index in [0.29, 0.717) is 22.2 Å². The second-order valence-corrected chi connectivity index (χ2v) is 8.44. The largest absolute Gasteiger partial charge is 0.362 e. The number of hydrogen-bond acceptors (Lipinski definition) is 4. The first kappa shape index (κ1) is 13.1. The molecule has 4 heteroatoms. The molecule has 0 aliphatic heterocycles. The second-order valence-electron chi connectivity index (χ2n) is 8.44. The van der Waals surface area contributed by atoms with Crippen molar-refractivity contribution in [2.45, 2.75) is 57.9 Å². The van der Waals surface area contributed by atoms with Crippen molar-refractivity contribution in [3.8, 4) is 6.07 Å². The molecule has 5 rings (SSSR count). The summed E-state index contributed by atoms with van der Waals surface area (Å²) >= 11 is 0. The van der Waals surface area contributed by atoms with Crippen molar-refractivity contribution in [2.24, 2.45) is 16.7 Å². The Morgan fingerprint density at radius 1 is 1.19 bits per heavy atom. The monoisotopic (exact) mass is 282 g/mol. The lowest BCUT2D eigenvalue weighted by molar-refractivity contribution is -0.0974. The van der Waals surface area contributed by atoms with Gasteiger partial charge in [-0.3, -0.25) is 0 Å². The molecule has 2 unspecified atom stereocenters.